The van der Waals surface area contributed by atoms with Crippen molar-refractivity contribution in [2.75, 3.05) is 18.1 Å². The Balaban J connectivity index is 1.77. The summed E-state index contributed by atoms with van der Waals surface area (Å²) >= 11 is 13.6. The summed E-state index contributed by atoms with van der Waals surface area (Å²) in [5.41, 5.74) is 0.166. The molecule has 1 aromatic rings. The normalized spacial score (nSPS) is 21.9. The van der Waals surface area contributed by atoms with Gasteiger partial charge in [-0.2, -0.15) is 11.8 Å². The second-order valence-corrected chi connectivity index (χ2v) is 6.99. The molecule has 0 bridgehead atoms. The van der Waals surface area contributed by atoms with Crippen molar-refractivity contribution < 1.29 is 9.90 Å². The molecule has 2 rings (SSSR count). The summed E-state index contributed by atoms with van der Waals surface area (Å²) in [6, 6.07) is 5.27. The van der Waals surface area contributed by atoms with Gasteiger partial charge in [0, 0.05) is 28.8 Å². The van der Waals surface area contributed by atoms with Crippen molar-refractivity contribution in [3.05, 3.63) is 33.8 Å². The minimum Gasteiger partial charge on any atom is -0.387 e. The molecule has 110 valence electrons. The second kappa shape index (κ2) is 7.03. The Labute approximate surface area is 133 Å². The van der Waals surface area contributed by atoms with Gasteiger partial charge < -0.3 is 10.4 Å². The monoisotopic (exact) mass is 333 g/mol. The van der Waals surface area contributed by atoms with Gasteiger partial charge in [0.15, 0.2) is 0 Å². The van der Waals surface area contributed by atoms with Crippen LogP contribution in [0, 0.1) is 0 Å². The lowest BCUT2D eigenvalue weighted by Gasteiger charge is -2.21. The first-order chi connectivity index (χ1) is 9.48. The maximum Gasteiger partial charge on any atom is 0.220 e. The highest BCUT2D eigenvalue weighted by Crippen LogP contribution is 2.27. The van der Waals surface area contributed by atoms with Crippen molar-refractivity contribution in [1.29, 1.82) is 0 Å². The Hall–Kier alpha value is -0.420. The Morgan fingerprint density at radius 2 is 2.25 bits per heavy atom. The van der Waals surface area contributed by atoms with E-state index in [-0.39, 0.29) is 5.91 Å². The third-order valence-corrected chi connectivity index (χ3v) is 5.15. The van der Waals surface area contributed by atoms with Crippen molar-refractivity contribution in [3.63, 3.8) is 0 Å². The molecule has 0 radical (unpaired) electrons. The average Bonchev–Trinajstić information content (AvgIpc) is 2.83. The van der Waals surface area contributed by atoms with Gasteiger partial charge >= 0.3 is 0 Å². The van der Waals surface area contributed by atoms with E-state index in [1.165, 1.54) is 0 Å². The number of carbonyl (C=O) groups excluding carboxylic acids is 1. The zero-order valence-electron chi connectivity index (χ0n) is 11.0. The number of halogens is 2. The zero-order valence-corrected chi connectivity index (χ0v) is 13.3. The van der Waals surface area contributed by atoms with Crippen LogP contribution in [-0.2, 0) is 11.2 Å². The number of aliphatic hydroxyl groups is 1. The number of carbonyl (C=O) groups is 1. The van der Waals surface area contributed by atoms with Crippen LogP contribution in [0.4, 0.5) is 0 Å². The smallest absolute Gasteiger partial charge is 0.220 e. The third-order valence-electron chi connectivity index (χ3n) is 3.33. The number of amides is 1. The Morgan fingerprint density at radius 1 is 1.45 bits per heavy atom. The first-order valence-corrected chi connectivity index (χ1v) is 8.40. The third kappa shape index (κ3) is 4.55. The summed E-state index contributed by atoms with van der Waals surface area (Å²) in [4.78, 5) is 11.8. The second-order valence-electron chi connectivity index (χ2n) is 5.04. The minimum absolute atomic E-state index is 0.0682. The van der Waals surface area contributed by atoms with Gasteiger partial charge in [-0.15, -0.1) is 0 Å². The van der Waals surface area contributed by atoms with E-state index in [2.05, 4.69) is 5.32 Å². The number of hydrogen-bond acceptors (Lipinski definition) is 3. The van der Waals surface area contributed by atoms with E-state index in [1.54, 1.807) is 23.9 Å². The predicted octanol–water partition coefficient (Wildman–Crippen LogP) is 2.91. The molecular formula is C14H17Cl2NO2S. The molecule has 0 saturated carbocycles. The molecule has 1 aliphatic heterocycles. The van der Waals surface area contributed by atoms with Gasteiger partial charge in [-0.1, -0.05) is 29.3 Å². The molecule has 1 unspecified atom stereocenters. The summed E-state index contributed by atoms with van der Waals surface area (Å²) in [6.07, 6.45) is 1.65. The molecule has 1 aromatic carbocycles. The fourth-order valence-corrected chi connectivity index (χ4v) is 3.86. The Kier molecular flexibility index (Phi) is 5.61. The van der Waals surface area contributed by atoms with E-state index in [1.807, 2.05) is 6.07 Å². The van der Waals surface area contributed by atoms with Gasteiger partial charge in [0.05, 0.1) is 5.60 Å². The highest BCUT2D eigenvalue weighted by molar-refractivity contribution is 7.99. The van der Waals surface area contributed by atoms with Gasteiger partial charge in [-0.3, -0.25) is 4.79 Å². The molecule has 1 aliphatic rings. The van der Waals surface area contributed by atoms with E-state index >= 15 is 0 Å². The molecule has 1 atom stereocenters. The number of nitrogens with one attached hydrogen (secondary N) is 1. The fourth-order valence-electron chi connectivity index (χ4n) is 2.06. The molecule has 1 fully saturated rings. The van der Waals surface area contributed by atoms with Crippen LogP contribution in [0.3, 0.4) is 0 Å². The van der Waals surface area contributed by atoms with Crippen molar-refractivity contribution in [3.8, 4) is 0 Å². The lowest BCUT2D eigenvalue weighted by atomic mass is 10.0. The summed E-state index contributed by atoms with van der Waals surface area (Å²) < 4.78 is 0. The number of hydrogen-bond donors (Lipinski definition) is 2. The number of aryl methyl sites for hydroxylation is 1. The molecule has 0 aliphatic carbocycles. The molecule has 1 heterocycles. The zero-order chi connectivity index (χ0) is 14.6. The maximum absolute atomic E-state index is 11.8. The lowest BCUT2D eigenvalue weighted by molar-refractivity contribution is -0.122. The molecule has 1 saturated heterocycles. The maximum atomic E-state index is 11.8. The van der Waals surface area contributed by atoms with E-state index < -0.39 is 5.60 Å². The van der Waals surface area contributed by atoms with Crippen LogP contribution in [0.1, 0.15) is 18.4 Å². The van der Waals surface area contributed by atoms with Gasteiger partial charge in [0.2, 0.25) is 5.91 Å². The average molecular weight is 334 g/mol. The molecule has 20 heavy (non-hydrogen) atoms. The van der Waals surface area contributed by atoms with Gasteiger partial charge in [0.1, 0.15) is 0 Å². The molecule has 1 amide bonds. The van der Waals surface area contributed by atoms with E-state index in [9.17, 15) is 9.90 Å². The quantitative estimate of drug-likeness (QED) is 0.870. The highest BCUT2D eigenvalue weighted by atomic mass is 35.5. The van der Waals surface area contributed by atoms with Gasteiger partial charge in [-0.05, 0) is 36.3 Å². The van der Waals surface area contributed by atoms with Crippen molar-refractivity contribution >= 4 is 40.9 Å². The summed E-state index contributed by atoms with van der Waals surface area (Å²) in [5.74, 6) is 1.57. The van der Waals surface area contributed by atoms with Crippen molar-refractivity contribution in [1.82, 2.24) is 5.32 Å². The van der Waals surface area contributed by atoms with Crippen LogP contribution in [0.25, 0.3) is 0 Å². The number of thioether (sulfide) groups is 1. The van der Waals surface area contributed by atoms with Crippen LogP contribution in [0.5, 0.6) is 0 Å². The van der Waals surface area contributed by atoms with Crippen LogP contribution < -0.4 is 5.32 Å². The first-order valence-electron chi connectivity index (χ1n) is 6.49. The van der Waals surface area contributed by atoms with Gasteiger partial charge in [-0.25, -0.2) is 0 Å². The van der Waals surface area contributed by atoms with Crippen molar-refractivity contribution in [2.45, 2.75) is 24.9 Å². The van der Waals surface area contributed by atoms with E-state index in [0.717, 1.165) is 17.7 Å². The Bertz CT molecular complexity index is 490. The lowest BCUT2D eigenvalue weighted by Crippen LogP contribution is -2.43. The van der Waals surface area contributed by atoms with E-state index in [4.69, 9.17) is 23.2 Å². The van der Waals surface area contributed by atoms with Crippen LogP contribution in [0.2, 0.25) is 10.0 Å². The number of rotatable bonds is 5. The van der Waals surface area contributed by atoms with Crippen LogP contribution in [0.15, 0.2) is 18.2 Å². The molecule has 0 spiro atoms. The SMILES string of the molecule is O=C(CCc1ccc(Cl)cc1Cl)NCC1(O)CCSC1. The molecular weight excluding hydrogens is 317 g/mol. The predicted molar refractivity (Wildman–Crippen MR) is 84.7 cm³/mol. The van der Waals surface area contributed by atoms with Gasteiger partial charge in [0.25, 0.3) is 0 Å². The standard InChI is InChI=1S/C14H17Cl2NO2S/c15-11-3-1-10(12(16)7-11)2-4-13(18)17-8-14(19)5-6-20-9-14/h1,3,7,19H,2,4-6,8-9H2,(H,17,18). The van der Waals surface area contributed by atoms with E-state index in [0.29, 0.717) is 35.2 Å². The summed E-state index contributed by atoms with van der Waals surface area (Å²) in [7, 11) is 0. The van der Waals surface area contributed by atoms with Crippen LogP contribution >= 0.6 is 35.0 Å². The fraction of sp³-hybridized carbons (Fsp3) is 0.500. The Morgan fingerprint density at radius 3 is 2.90 bits per heavy atom. The summed E-state index contributed by atoms with van der Waals surface area (Å²) in [5, 5.41) is 14.1. The molecule has 3 nitrogen and oxygen atoms in total. The molecule has 0 aromatic heterocycles. The minimum atomic E-state index is -0.738. The summed E-state index contributed by atoms with van der Waals surface area (Å²) in [6.45, 7) is 0.327. The molecule has 2 N–H and O–H groups in total. The topological polar surface area (TPSA) is 49.3 Å². The van der Waals surface area contributed by atoms with Crippen molar-refractivity contribution in [2.24, 2.45) is 0 Å². The molecule has 6 heteroatoms. The number of benzene rings is 1. The highest BCUT2D eigenvalue weighted by Gasteiger charge is 2.31. The largest absolute Gasteiger partial charge is 0.387 e. The first kappa shape index (κ1) is 16.0. The van der Waals surface area contributed by atoms with Crippen LogP contribution in [-0.4, -0.2) is 34.7 Å².